The Labute approximate surface area is 219 Å². The van der Waals surface area contributed by atoms with E-state index in [1.807, 2.05) is 0 Å². The highest BCUT2D eigenvalue weighted by atomic mass is 35.5. The summed E-state index contributed by atoms with van der Waals surface area (Å²) in [5.74, 6) is 0.254. The summed E-state index contributed by atoms with van der Waals surface area (Å²) in [6, 6.07) is 14.6. The molecule has 0 radical (unpaired) electrons. The monoisotopic (exact) mass is 547 g/mol. The maximum absolute atomic E-state index is 12.9. The van der Waals surface area contributed by atoms with Gasteiger partial charge in [-0.15, -0.1) is 0 Å². The number of hydrogen-bond acceptors (Lipinski definition) is 7. The molecular formula is C24H26ClN5O6S. The van der Waals surface area contributed by atoms with Gasteiger partial charge in [0, 0.05) is 31.4 Å². The zero-order valence-electron chi connectivity index (χ0n) is 20.4. The van der Waals surface area contributed by atoms with Crippen molar-refractivity contribution < 1.29 is 27.3 Å². The Morgan fingerprint density at radius 1 is 1.00 bits per heavy atom. The lowest BCUT2D eigenvalue weighted by molar-refractivity contribution is 0.102. The van der Waals surface area contributed by atoms with Gasteiger partial charge in [-0.3, -0.25) is 19.6 Å². The van der Waals surface area contributed by atoms with Gasteiger partial charge in [0.05, 0.1) is 29.6 Å². The fourth-order valence-electron chi connectivity index (χ4n) is 2.81. The minimum Gasteiger partial charge on any atom is -0.497 e. The number of ether oxygens (including phenoxy) is 1. The highest BCUT2D eigenvalue weighted by Gasteiger charge is 2.17. The molecule has 0 aliphatic carbocycles. The molecule has 0 atom stereocenters. The number of carbonyl (C=O) groups excluding carboxylic acids is 2. The average molecular weight is 548 g/mol. The van der Waals surface area contributed by atoms with Gasteiger partial charge in [0.15, 0.2) is 0 Å². The first kappa shape index (κ1) is 29.2. The molecule has 4 N–H and O–H groups in total. The Balaban J connectivity index is 0.000000877. The van der Waals surface area contributed by atoms with Gasteiger partial charge in [0.1, 0.15) is 17.4 Å². The number of pyridine rings is 1. The number of nitrogens with zero attached hydrogens (tertiary/aromatic N) is 2. The largest absolute Gasteiger partial charge is 0.497 e. The van der Waals surface area contributed by atoms with Gasteiger partial charge in [-0.25, -0.2) is 4.98 Å². The van der Waals surface area contributed by atoms with Crippen LogP contribution in [0.3, 0.4) is 0 Å². The van der Waals surface area contributed by atoms with Gasteiger partial charge in [0.25, 0.3) is 21.9 Å². The molecular weight excluding hydrogens is 522 g/mol. The van der Waals surface area contributed by atoms with Crippen LogP contribution >= 0.6 is 11.6 Å². The van der Waals surface area contributed by atoms with E-state index >= 15 is 0 Å². The second-order valence-corrected chi connectivity index (χ2v) is 9.64. The van der Waals surface area contributed by atoms with E-state index in [4.69, 9.17) is 26.3 Å². The number of benzene rings is 2. The first-order chi connectivity index (χ1) is 17.3. The van der Waals surface area contributed by atoms with Gasteiger partial charge >= 0.3 is 0 Å². The van der Waals surface area contributed by atoms with Crippen LogP contribution in [0, 0.1) is 5.41 Å². The van der Waals surface area contributed by atoms with Crippen LogP contribution in [0.4, 0.5) is 11.5 Å². The normalized spacial score (nSPS) is 10.4. The lowest BCUT2D eigenvalue weighted by Gasteiger charge is -2.15. The minimum atomic E-state index is -3.67. The molecule has 0 bridgehead atoms. The number of nitrogens with one attached hydrogen (secondary N) is 3. The summed E-state index contributed by atoms with van der Waals surface area (Å²) in [5.41, 5.74) is 1.60. The smallest absolute Gasteiger partial charge is 0.261 e. The standard InChI is InChI=1S/C23H22ClN5O3.CH4O3S/c1-29(2)21(25)14-4-6-15(7-5-14)22(30)27-19-10-9-17(32-3)12-18(19)23(31)28-20-11-8-16(24)13-26-20;1-5(2,3)4/h4-13,25H,1-3H3,(H,27,30)(H,26,28,31);1H3,(H,2,3,4). The summed E-state index contributed by atoms with van der Waals surface area (Å²) >= 11 is 5.83. The topological polar surface area (TPSA) is 162 Å². The third kappa shape index (κ3) is 9.52. The highest BCUT2D eigenvalue weighted by molar-refractivity contribution is 7.85. The Bertz CT molecular complexity index is 1370. The second-order valence-electron chi connectivity index (χ2n) is 7.73. The Morgan fingerprint density at radius 3 is 2.11 bits per heavy atom. The van der Waals surface area contributed by atoms with Crippen LogP contribution in [0.5, 0.6) is 5.75 Å². The van der Waals surface area contributed by atoms with E-state index < -0.39 is 21.9 Å². The predicted molar refractivity (Wildman–Crippen MR) is 143 cm³/mol. The number of anilines is 2. The van der Waals surface area contributed by atoms with Crippen LogP contribution in [-0.4, -0.2) is 68.0 Å². The van der Waals surface area contributed by atoms with Crippen molar-refractivity contribution >= 4 is 50.9 Å². The van der Waals surface area contributed by atoms with E-state index in [1.54, 1.807) is 67.5 Å². The van der Waals surface area contributed by atoms with Crippen molar-refractivity contribution in [3.63, 3.8) is 0 Å². The molecule has 0 fully saturated rings. The zero-order valence-corrected chi connectivity index (χ0v) is 22.0. The summed E-state index contributed by atoms with van der Waals surface area (Å²) in [5, 5.41) is 13.9. The quantitative estimate of drug-likeness (QED) is 0.206. The number of carbonyl (C=O) groups is 2. The average Bonchev–Trinajstić information content (AvgIpc) is 2.84. The first-order valence-electron chi connectivity index (χ1n) is 10.5. The second kappa shape index (κ2) is 12.8. The van der Waals surface area contributed by atoms with E-state index in [0.717, 1.165) is 0 Å². The van der Waals surface area contributed by atoms with Crippen molar-refractivity contribution in [1.29, 1.82) is 5.41 Å². The number of hydrogen-bond donors (Lipinski definition) is 4. The number of rotatable bonds is 6. The third-order valence-electron chi connectivity index (χ3n) is 4.56. The van der Waals surface area contributed by atoms with E-state index in [1.165, 1.54) is 19.4 Å². The fourth-order valence-corrected chi connectivity index (χ4v) is 2.92. The van der Waals surface area contributed by atoms with Crippen molar-refractivity contribution in [3.05, 3.63) is 82.5 Å². The molecule has 11 nitrogen and oxygen atoms in total. The zero-order chi connectivity index (χ0) is 27.8. The van der Waals surface area contributed by atoms with Crippen LogP contribution in [0.2, 0.25) is 5.02 Å². The van der Waals surface area contributed by atoms with Gasteiger partial charge in [-0.2, -0.15) is 8.42 Å². The fraction of sp³-hybridized carbons (Fsp3) is 0.167. The maximum atomic E-state index is 12.9. The van der Waals surface area contributed by atoms with Crippen LogP contribution in [0.15, 0.2) is 60.8 Å². The molecule has 0 saturated heterocycles. The van der Waals surface area contributed by atoms with Gasteiger partial charge in [0.2, 0.25) is 0 Å². The molecule has 1 heterocycles. The van der Waals surface area contributed by atoms with Gasteiger partial charge in [-0.05, 0) is 42.5 Å². The van der Waals surface area contributed by atoms with Crippen LogP contribution in [-0.2, 0) is 10.1 Å². The van der Waals surface area contributed by atoms with Crippen molar-refractivity contribution in [2.45, 2.75) is 0 Å². The molecule has 3 rings (SSSR count). The minimum absolute atomic E-state index is 0.209. The van der Waals surface area contributed by atoms with Crippen LogP contribution < -0.4 is 15.4 Å². The molecule has 2 amide bonds. The number of aromatic nitrogens is 1. The van der Waals surface area contributed by atoms with E-state index in [2.05, 4.69) is 15.6 Å². The van der Waals surface area contributed by atoms with Crippen molar-refractivity contribution in [1.82, 2.24) is 9.88 Å². The molecule has 3 aromatic rings. The lowest BCUT2D eigenvalue weighted by Crippen LogP contribution is -2.22. The van der Waals surface area contributed by atoms with E-state index in [9.17, 15) is 18.0 Å². The Kier molecular flexibility index (Phi) is 10.1. The molecule has 0 spiro atoms. The molecule has 0 aliphatic rings. The van der Waals surface area contributed by atoms with Crippen molar-refractivity contribution in [2.24, 2.45) is 0 Å². The molecule has 13 heteroatoms. The third-order valence-corrected chi connectivity index (χ3v) is 4.78. The predicted octanol–water partition coefficient (Wildman–Crippen LogP) is 3.64. The number of amides is 2. The molecule has 196 valence electrons. The number of amidine groups is 1. The SMILES string of the molecule is COc1ccc(NC(=O)c2ccc(C(=N)N(C)C)cc2)c(C(=O)Nc2ccc(Cl)cn2)c1.CS(=O)(=O)O. The Hall–Kier alpha value is -4.00. The van der Waals surface area contributed by atoms with E-state index in [0.29, 0.717) is 45.5 Å². The summed E-state index contributed by atoms with van der Waals surface area (Å²) in [6.07, 6.45) is 2.14. The molecule has 1 aromatic heterocycles. The summed E-state index contributed by atoms with van der Waals surface area (Å²) in [7, 11) is 1.38. The summed E-state index contributed by atoms with van der Waals surface area (Å²) < 4.78 is 31.1. The number of halogens is 1. The van der Waals surface area contributed by atoms with Crippen molar-refractivity contribution in [2.75, 3.05) is 38.1 Å². The molecule has 37 heavy (non-hydrogen) atoms. The summed E-state index contributed by atoms with van der Waals surface area (Å²) in [4.78, 5) is 31.4. The van der Waals surface area contributed by atoms with Gasteiger partial charge in [-0.1, -0.05) is 23.7 Å². The molecule has 0 aliphatic heterocycles. The summed E-state index contributed by atoms with van der Waals surface area (Å²) in [6.45, 7) is 0. The molecule has 2 aromatic carbocycles. The van der Waals surface area contributed by atoms with Crippen molar-refractivity contribution in [3.8, 4) is 5.75 Å². The maximum Gasteiger partial charge on any atom is 0.261 e. The molecule has 0 saturated carbocycles. The Morgan fingerprint density at radius 2 is 1.59 bits per heavy atom. The lowest BCUT2D eigenvalue weighted by atomic mass is 10.1. The number of methoxy groups -OCH3 is 1. The van der Waals surface area contributed by atoms with E-state index in [-0.39, 0.29) is 5.56 Å². The van der Waals surface area contributed by atoms with Gasteiger partial charge < -0.3 is 20.3 Å². The first-order valence-corrected chi connectivity index (χ1v) is 12.7. The van der Waals surface area contributed by atoms with Crippen LogP contribution in [0.1, 0.15) is 26.3 Å². The van der Waals surface area contributed by atoms with Crippen LogP contribution in [0.25, 0.3) is 0 Å². The molecule has 0 unspecified atom stereocenters. The highest BCUT2D eigenvalue weighted by Crippen LogP contribution is 2.24.